The van der Waals surface area contributed by atoms with Crippen molar-refractivity contribution in [3.63, 3.8) is 0 Å². The summed E-state index contributed by atoms with van der Waals surface area (Å²) in [6.45, 7) is 2.17. The van der Waals surface area contributed by atoms with Gasteiger partial charge in [0.25, 0.3) is 0 Å². The van der Waals surface area contributed by atoms with Gasteiger partial charge >= 0.3 is 0 Å². The molecule has 3 nitrogen and oxygen atoms in total. The third kappa shape index (κ3) is 1.80. The molecule has 0 bridgehead atoms. The van der Waals surface area contributed by atoms with Crippen molar-refractivity contribution in [1.82, 2.24) is 0 Å². The maximum absolute atomic E-state index is 10.4. The van der Waals surface area contributed by atoms with Crippen molar-refractivity contribution in [3.8, 4) is 5.75 Å². The Kier molecular flexibility index (Phi) is 2.89. The Morgan fingerprint density at radius 3 is 2.81 bits per heavy atom. The lowest BCUT2D eigenvalue weighted by molar-refractivity contribution is -0.0505. The van der Waals surface area contributed by atoms with Crippen molar-refractivity contribution in [2.75, 3.05) is 0 Å². The molecule has 3 aliphatic rings. The maximum atomic E-state index is 10.4. The normalized spacial score (nSPS) is 44.8. The largest absolute Gasteiger partial charge is 0.508 e. The van der Waals surface area contributed by atoms with Gasteiger partial charge in [0.05, 0.1) is 12.2 Å². The molecular formula is C18H24O3. The van der Waals surface area contributed by atoms with Gasteiger partial charge in [-0.05, 0) is 78.5 Å². The summed E-state index contributed by atoms with van der Waals surface area (Å²) in [5, 5.41) is 30.2. The van der Waals surface area contributed by atoms with Crippen molar-refractivity contribution in [2.45, 2.75) is 57.2 Å². The van der Waals surface area contributed by atoms with Gasteiger partial charge in [-0.3, -0.25) is 0 Å². The van der Waals surface area contributed by atoms with Crippen molar-refractivity contribution >= 4 is 0 Å². The van der Waals surface area contributed by atoms with E-state index in [1.54, 1.807) is 6.07 Å². The minimum atomic E-state index is -0.565. The van der Waals surface area contributed by atoms with Gasteiger partial charge in [-0.15, -0.1) is 0 Å². The number of rotatable bonds is 0. The van der Waals surface area contributed by atoms with Crippen LogP contribution in [0.1, 0.15) is 49.7 Å². The first-order chi connectivity index (χ1) is 10.0. The molecule has 114 valence electrons. The third-order valence-corrected chi connectivity index (χ3v) is 6.68. The minimum absolute atomic E-state index is 0.116. The Morgan fingerprint density at radius 2 is 2.00 bits per heavy atom. The summed E-state index contributed by atoms with van der Waals surface area (Å²) in [6, 6.07) is 5.80. The molecule has 3 heteroatoms. The lowest BCUT2D eigenvalue weighted by atomic mass is 9.55. The standard InChI is InChI=1S/C18H24O3/c1-18-7-6-13-12-5-3-11(19)8-10(12)2-4-14(13)15(18)9-16(20)17(18)21/h3,5,8,13-17,19-21H,2,4,6-7,9H2,1H3/t13-,14-,15-,16-,17-,18+/m0/s1. The van der Waals surface area contributed by atoms with E-state index in [4.69, 9.17) is 0 Å². The summed E-state index contributed by atoms with van der Waals surface area (Å²) in [5.74, 6) is 1.88. The first-order valence-electron chi connectivity index (χ1n) is 8.18. The number of hydrogen-bond donors (Lipinski definition) is 3. The van der Waals surface area contributed by atoms with Crippen LogP contribution in [0.25, 0.3) is 0 Å². The third-order valence-electron chi connectivity index (χ3n) is 6.68. The van der Waals surface area contributed by atoms with Crippen LogP contribution in [0.2, 0.25) is 0 Å². The van der Waals surface area contributed by atoms with E-state index in [-0.39, 0.29) is 5.41 Å². The molecule has 0 heterocycles. The molecule has 0 spiro atoms. The number of benzene rings is 1. The van der Waals surface area contributed by atoms with Gasteiger partial charge in [0.1, 0.15) is 5.75 Å². The van der Waals surface area contributed by atoms with E-state index in [1.807, 2.05) is 6.07 Å². The van der Waals surface area contributed by atoms with Gasteiger partial charge in [0, 0.05) is 0 Å². The molecular weight excluding hydrogens is 264 g/mol. The van der Waals surface area contributed by atoms with E-state index in [1.165, 1.54) is 11.1 Å². The van der Waals surface area contributed by atoms with Gasteiger partial charge in [-0.1, -0.05) is 13.0 Å². The number of hydrogen-bond acceptors (Lipinski definition) is 3. The molecule has 2 fully saturated rings. The van der Waals surface area contributed by atoms with Crippen LogP contribution in [-0.4, -0.2) is 27.5 Å². The Bertz CT molecular complexity index is 570. The summed E-state index contributed by atoms with van der Waals surface area (Å²) >= 11 is 0. The SMILES string of the molecule is C[C@@]12CC[C@H]3c4ccc(O)cc4CC[C@@H]3[C@@H]1C[C@H](O)[C@@H]2O. The van der Waals surface area contributed by atoms with Crippen LogP contribution < -0.4 is 0 Å². The second-order valence-corrected chi connectivity index (χ2v) is 7.59. The summed E-state index contributed by atoms with van der Waals surface area (Å²) in [7, 11) is 0. The Labute approximate surface area is 125 Å². The monoisotopic (exact) mass is 288 g/mol. The zero-order valence-electron chi connectivity index (χ0n) is 12.5. The first kappa shape index (κ1) is 13.6. The van der Waals surface area contributed by atoms with Crippen LogP contribution in [0.15, 0.2) is 18.2 Å². The predicted molar refractivity (Wildman–Crippen MR) is 80.1 cm³/mol. The second kappa shape index (κ2) is 4.47. The molecule has 1 aromatic rings. The van der Waals surface area contributed by atoms with Crippen LogP contribution in [0, 0.1) is 17.3 Å². The molecule has 3 N–H and O–H groups in total. The van der Waals surface area contributed by atoms with Crippen molar-refractivity contribution in [1.29, 1.82) is 0 Å². The number of aryl methyl sites for hydroxylation is 1. The predicted octanol–water partition coefficient (Wildman–Crippen LogP) is 2.58. The van der Waals surface area contributed by atoms with E-state index in [0.29, 0.717) is 23.5 Å². The zero-order chi connectivity index (χ0) is 14.8. The summed E-state index contributed by atoms with van der Waals surface area (Å²) in [4.78, 5) is 0. The summed E-state index contributed by atoms with van der Waals surface area (Å²) in [5.41, 5.74) is 2.57. The molecule has 1 aromatic carbocycles. The fourth-order valence-corrected chi connectivity index (χ4v) is 5.56. The van der Waals surface area contributed by atoms with Crippen LogP contribution >= 0.6 is 0 Å². The van der Waals surface area contributed by atoms with Crippen molar-refractivity contribution in [2.24, 2.45) is 17.3 Å². The molecule has 0 aromatic heterocycles. The quantitative estimate of drug-likeness (QED) is 0.687. The maximum Gasteiger partial charge on any atom is 0.115 e. The zero-order valence-corrected chi connectivity index (χ0v) is 12.5. The van der Waals surface area contributed by atoms with E-state index in [2.05, 4.69) is 13.0 Å². The number of aliphatic hydroxyl groups excluding tert-OH is 2. The van der Waals surface area contributed by atoms with E-state index in [9.17, 15) is 15.3 Å². The highest BCUT2D eigenvalue weighted by molar-refractivity contribution is 5.40. The van der Waals surface area contributed by atoms with Gasteiger partial charge in [-0.2, -0.15) is 0 Å². The Balaban J connectivity index is 1.71. The Morgan fingerprint density at radius 1 is 1.19 bits per heavy atom. The molecule has 0 aliphatic heterocycles. The number of aliphatic hydroxyl groups is 2. The molecule has 0 unspecified atom stereocenters. The average molecular weight is 288 g/mol. The van der Waals surface area contributed by atoms with Crippen molar-refractivity contribution < 1.29 is 15.3 Å². The number of fused-ring (bicyclic) bond motifs is 5. The smallest absolute Gasteiger partial charge is 0.115 e. The average Bonchev–Trinajstić information content (AvgIpc) is 2.70. The molecule has 0 saturated heterocycles. The van der Waals surface area contributed by atoms with Gasteiger partial charge in [0.2, 0.25) is 0 Å². The highest BCUT2D eigenvalue weighted by atomic mass is 16.3. The van der Waals surface area contributed by atoms with E-state index < -0.39 is 12.2 Å². The van der Waals surface area contributed by atoms with Crippen LogP contribution in [0.3, 0.4) is 0 Å². The van der Waals surface area contributed by atoms with Crippen LogP contribution in [0.5, 0.6) is 5.75 Å². The van der Waals surface area contributed by atoms with Crippen LogP contribution in [-0.2, 0) is 6.42 Å². The Hall–Kier alpha value is -1.06. The highest BCUT2D eigenvalue weighted by Gasteiger charge is 2.57. The number of phenolic OH excluding ortho intramolecular Hbond substituents is 1. The molecule has 0 amide bonds. The second-order valence-electron chi connectivity index (χ2n) is 7.59. The lowest BCUT2D eigenvalue weighted by Crippen LogP contribution is -2.44. The number of aromatic hydroxyl groups is 1. The number of phenols is 1. The lowest BCUT2D eigenvalue weighted by Gasteiger charge is -2.49. The van der Waals surface area contributed by atoms with Crippen LogP contribution in [0.4, 0.5) is 0 Å². The molecule has 0 radical (unpaired) electrons. The van der Waals surface area contributed by atoms with Gasteiger partial charge in [0.15, 0.2) is 0 Å². The van der Waals surface area contributed by atoms with Gasteiger partial charge in [-0.25, -0.2) is 0 Å². The first-order valence-corrected chi connectivity index (χ1v) is 8.18. The van der Waals surface area contributed by atoms with Crippen molar-refractivity contribution in [3.05, 3.63) is 29.3 Å². The molecule has 3 aliphatic carbocycles. The summed E-state index contributed by atoms with van der Waals surface area (Å²) in [6.07, 6.45) is 3.80. The topological polar surface area (TPSA) is 60.7 Å². The van der Waals surface area contributed by atoms with E-state index >= 15 is 0 Å². The molecule has 4 rings (SSSR count). The van der Waals surface area contributed by atoms with Gasteiger partial charge < -0.3 is 15.3 Å². The molecule has 2 saturated carbocycles. The molecule has 6 atom stereocenters. The fraction of sp³-hybridized carbons (Fsp3) is 0.667. The minimum Gasteiger partial charge on any atom is -0.508 e. The summed E-state index contributed by atoms with van der Waals surface area (Å²) < 4.78 is 0. The fourth-order valence-electron chi connectivity index (χ4n) is 5.56. The molecule has 21 heavy (non-hydrogen) atoms. The van der Waals surface area contributed by atoms with E-state index in [0.717, 1.165) is 32.1 Å². The highest BCUT2D eigenvalue weighted by Crippen LogP contribution is 2.60.